The van der Waals surface area contributed by atoms with Crippen molar-refractivity contribution >= 4 is 17.9 Å². The normalized spacial score (nSPS) is 22.0. The predicted octanol–water partition coefficient (Wildman–Crippen LogP) is 3.51. The summed E-state index contributed by atoms with van der Waals surface area (Å²) in [6.07, 6.45) is 15.9. The fourth-order valence-electron chi connectivity index (χ4n) is 4.13. The molecule has 6 nitrogen and oxygen atoms in total. The zero-order chi connectivity index (χ0) is 18.9. The van der Waals surface area contributed by atoms with Gasteiger partial charge in [0, 0.05) is 25.2 Å². The highest BCUT2D eigenvalue weighted by Gasteiger charge is 2.23. The summed E-state index contributed by atoms with van der Waals surface area (Å²) in [5.74, 6) is 1.33. The number of ether oxygens (including phenoxy) is 1. The summed E-state index contributed by atoms with van der Waals surface area (Å²) in [5, 5.41) is 3.53. The second-order valence-electron chi connectivity index (χ2n) is 7.66. The van der Waals surface area contributed by atoms with E-state index in [1.807, 2.05) is 0 Å². The average Bonchev–Trinajstić information content (AvgIpc) is 2.69. The van der Waals surface area contributed by atoms with Crippen molar-refractivity contribution in [1.29, 1.82) is 0 Å². The molecule has 1 saturated heterocycles. The van der Waals surface area contributed by atoms with Crippen LogP contribution in [0.2, 0.25) is 0 Å². The molecule has 148 valence electrons. The van der Waals surface area contributed by atoms with Crippen LogP contribution in [0, 0.1) is 5.92 Å². The van der Waals surface area contributed by atoms with Crippen LogP contribution in [0.15, 0.2) is 18.5 Å². The zero-order valence-corrected chi connectivity index (χ0v) is 16.4. The van der Waals surface area contributed by atoms with E-state index in [1.165, 1.54) is 64.1 Å². The van der Waals surface area contributed by atoms with Gasteiger partial charge in [-0.2, -0.15) is 0 Å². The quantitative estimate of drug-likeness (QED) is 0.584. The number of nitrogens with zero attached hydrogens (tertiary/aromatic N) is 3. The van der Waals surface area contributed by atoms with E-state index < -0.39 is 0 Å². The van der Waals surface area contributed by atoms with Gasteiger partial charge in [-0.3, -0.25) is 4.98 Å². The first-order valence-electron chi connectivity index (χ1n) is 10.4. The first kappa shape index (κ1) is 19.8. The van der Waals surface area contributed by atoms with Gasteiger partial charge in [-0.05, 0) is 51.1 Å². The molecule has 1 aliphatic heterocycles. The highest BCUT2D eigenvalue weighted by Crippen LogP contribution is 2.25. The molecule has 0 amide bonds. The summed E-state index contributed by atoms with van der Waals surface area (Å²) in [6.45, 7) is 5.71. The van der Waals surface area contributed by atoms with Crippen LogP contribution in [-0.2, 0) is 9.53 Å². The molecule has 0 spiro atoms. The molecule has 2 heterocycles. The van der Waals surface area contributed by atoms with Gasteiger partial charge in [0.05, 0.1) is 24.7 Å². The minimum atomic E-state index is -0.359. The lowest BCUT2D eigenvalue weighted by Gasteiger charge is -2.36. The third kappa shape index (κ3) is 6.61. The summed E-state index contributed by atoms with van der Waals surface area (Å²) >= 11 is 0. The summed E-state index contributed by atoms with van der Waals surface area (Å²) in [6, 6.07) is 0.428. The number of likely N-dealkylation sites (tertiary alicyclic amines) is 1. The maximum absolute atomic E-state index is 11.3. The Balaban J connectivity index is 1.47. The lowest BCUT2D eigenvalue weighted by Crippen LogP contribution is -2.44. The average molecular weight is 373 g/mol. The van der Waals surface area contributed by atoms with Crippen LogP contribution < -0.4 is 5.32 Å². The van der Waals surface area contributed by atoms with Crippen molar-refractivity contribution in [2.24, 2.45) is 5.92 Å². The van der Waals surface area contributed by atoms with Crippen LogP contribution in [0.3, 0.4) is 0 Å². The number of aromatic nitrogens is 2. The number of rotatable bonds is 7. The summed E-state index contributed by atoms with van der Waals surface area (Å²) < 4.78 is 4.86. The number of hydrogen-bond donors (Lipinski definition) is 1. The van der Waals surface area contributed by atoms with Crippen molar-refractivity contribution in [3.63, 3.8) is 0 Å². The monoisotopic (exact) mass is 372 g/mol. The van der Waals surface area contributed by atoms with Crippen LogP contribution >= 0.6 is 0 Å². The number of esters is 1. The van der Waals surface area contributed by atoms with E-state index in [4.69, 9.17) is 4.74 Å². The van der Waals surface area contributed by atoms with Gasteiger partial charge in [-0.1, -0.05) is 19.3 Å². The molecule has 1 aromatic rings. The number of carbonyl (C=O) groups is 1. The fourth-order valence-corrected chi connectivity index (χ4v) is 4.13. The van der Waals surface area contributed by atoms with E-state index >= 15 is 0 Å². The second-order valence-corrected chi connectivity index (χ2v) is 7.66. The van der Waals surface area contributed by atoms with Crippen LogP contribution in [0.1, 0.15) is 57.6 Å². The lowest BCUT2D eigenvalue weighted by molar-refractivity contribution is -0.137. The molecule has 1 N–H and O–H groups in total. The van der Waals surface area contributed by atoms with Gasteiger partial charge < -0.3 is 15.0 Å². The van der Waals surface area contributed by atoms with E-state index in [0.29, 0.717) is 18.3 Å². The van der Waals surface area contributed by atoms with Crippen molar-refractivity contribution in [2.75, 3.05) is 31.6 Å². The molecule has 27 heavy (non-hydrogen) atoms. The Kier molecular flexibility index (Phi) is 7.63. The van der Waals surface area contributed by atoms with E-state index in [2.05, 4.69) is 20.2 Å². The van der Waals surface area contributed by atoms with Gasteiger partial charge in [-0.25, -0.2) is 9.78 Å². The molecule has 1 aromatic heterocycles. The van der Waals surface area contributed by atoms with Crippen molar-refractivity contribution in [3.8, 4) is 0 Å². The maximum atomic E-state index is 11.3. The van der Waals surface area contributed by atoms with Gasteiger partial charge in [0.15, 0.2) is 0 Å². The topological polar surface area (TPSA) is 67.3 Å². The molecule has 6 heteroatoms. The summed E-state index contributed by atoms with van der Waals surface area (Å²) in [7, 11) is 0. The van der Waals surface area contributed by atoms with E-state index in [1.54, 1.807) is 25.4 Å². The molecule has 0 radical (unpaired) electrons. The van der Waals surface area contributed by atoms with E-state index in [9.17, 15) is 4.79 Å². The predicted molar refractivity (Wildman–Crippen MR) is 107 cm³/mol. The molecule has 0 aromatic carbocycles. The molecule has 1 aliphatic carbocycles. The molecule has 2 aliphatic rings. The smallest absolute Gasteiger partial charge is 0.330 e. The Bertz CT molecular complexity index is 611. The largest absolute Gasteiger partial charge is 0.463 e. The highest BCUT2D eigenvalue weighted by molar-refractivity contribution is 5.86. The minimum Gasteiger partial charge on any atom is -0.463 e. The number of nitrogens with one attached hydrogen (secondary N) is 1. The first-order valence-corrected chi connectivity index (χ1v) is 10.4. The fraction of sp³-hybridized carbons (Fsp3) is 0.667. The standard InChI is InChI=1S/C21H32N4O2/c1-2-27-21(26)11-10-18-13-23-20(14-22-18)24-19-9-6-12-25(16-19)15-17-7-4-3-5-8-17/h10-11,13-14,17,19H,2-9,12,15-16H2,1H3,(H,23,24)/b11-10+/t19-/m1/s1. The van der Waals surface area contributed by atoms with Crippen LogP contribution in [0.4, 0.5) is 5.82 Å². The van der Waals surface area contributed by atoms with Crippen molar-refractivity contribution < 1.29 is 9.53 Å². The molecular formula is C21H32N4O2. The molecule has 1 atom stereocenters. The Labute approximate surface area is 162 Å². The van der Waals surface area contributed by atoms with Crippen LogP contribution in [0.5, 0.6) is 0 Å². The molecule has 0 bridgehead atoms. The van der Waals surface area contributed by atoms with Gasteiger partial charge in [0.2, 0.25) is 0 Å². The molecule has 1 saturated carbocycles. The number of hydrogen-bond acceptors (Lipinski definition) is 6. The Hall–Kier alpha value is -1.95. The van der Waals surface area contributed by atoms with E-state index in [0.717, 1.165) is 18.3 Å². The highest BCUT2D eigenvalue weighted by atomic mass is 16.5. The second kappa shape index (κ2) is 10.4. The van der Waals surface area contributed by atoms with Crippen LogP contribution in [0.25, 0.3) is 6.08 Å². The zero-order valence-electron chi connectivity index (χ0n) is 16.4. The maximum Gasteiger partial charge on any atom is 0.330 e. The molecule has 2 fully saturated rings. The molecular weight excluding hydrogens is 340 g/mol. The summed E-state index contributed by atoms with van der Waals surface area (Å²) in [5.41, 5.74) is 0.649. The Morgan fingerprint density at radius 3 is 2.81 bits per heavy atom. The van der Waals surface area contributed by atoms with Crippen molar-refractivity contribution in [2.45, 2.75) is 57.9 Å². The van der Waals surface area contributed by atoms with Crippen molar-refractivity contribution in [1.82, 2.24) is 14.9 Å². The first-order chi connectivity index (χ1) is 13.2. The third-order valence-corrected chi connectivity index (χ3v) is 5.45. The molecule has 3 rings (SSSR count). The van der Waals surface area contributed by atoms with Gasteiger partial charge in [0.25, 0.3) is 0 Å². The SMILES string of the molecule is CCOC(=O)/C=C/c1cnc(N[C@@H]2CCCN(CC3CCCCC3)C2)cn1. The molecule has 0 unspecified atom stereocenters. The third-order valence-electron chi connectivity index (χ3n) is 5.45. The van der Waals surface area contributed by atoms with Crippen molar-refractivity contribution in [3.05, 3.63) is 24.2 Å². The Morgan fingerprint density at radius 2 is 2.07 bits per heavy atom. The van der Waals surface area contributed by atoms with Gasteiger partial charge in [0.1, 0.15) is 5.82 Å². The van der Waals surface area contributed by atoms with E-state index in [-0.39, 0.29) is 5.97 Å². The Morgan fingerprint density at radius 1 is 1.22 bits per heavy atom. The number of carbonyl (C=O) groups excluding carboxylic acids is 1. The summed E-state index contributed by atoms with van der Waals surface area (Å²) in [4.78, 5) is 22.8. The van der Waals surface area contributed by atoms with Gasteiger partial charge in [-0.15, -0.1) is 0 Å². The lowest BCUT2D eigenvalue weighted by atomic mass is 9.88. The van der Waals surface area contributed by atoms with Gasteiger partial charge >= 0.3 is 5.97 Å². The van der Waals surface area contributed by atoms with Crippen LogP contribution in [-0.4, -0.2) is 53.1 Å². The number of anilines is 1. The minimum absolute atomic E-state index is 0.359. The number of piperidine rings is 1.